The van der Waals surface area contributed by atoms with Crippen LogP contribution in [0.5, 0.6) is 0 Å². The highest BCUT2D eigenvalue weighted by Gasteiger charge is 2.28. The summed E-state index contributed by atoms with van der Waals surface area (Å²) in [4.78, 5) is 0. The van der Waals surface area contributed by atoms with Gasteiger partial charge in [0.05, 0.1) is 0 Å². The second kappa shape index (κ2) is 2.27. The fraction of sp³-hybridized carbons (Fsp3) is 0.857. The molecule has 0 saturated carbocycles. The maximum atomic E-state index is 3.39. The van der Waals surface area contributed by atoms with Crippen molar-refractivity contribution in [3.05, 3.63) is 6.54 Å². The zero-order valence-corrected chi connectivity index (χ0v) is 5.56. The first-order valence-electron chi connectivity index (χ1n) is 3.75. The van der Waals surface area contributed by atoms with E-state index in [-0.39, 0.29) is 0 Å². The van der Waals surface area contributed by atoms with E-state index in [1.807, 2.05) is 0 Å². The summed E-state index contributed by atoms with van der Waals surface area (Å²) in [5, 5.41) is 6.78. The van der Waals surface area contributed by atoms with Gasteiger partial charge in [0.1, 0.15) is 0 Å². The maximum absolute atomic E-state index is 3.39. The molecule has 2 unspecified atom stereocenters. The first-order valence-corrected chi connectivity index (χ1v) is 3.75. The van der Waals surface area contributed by atoms with Crippen LogP contribution in [0.1, 0.15) is 12.8 Å². The summed E-state index contributed by atoms with van der Waals surface area (Å²) in [6.07, 6.45) is 2.63. The monoisotopic (exact) mass is 125 g/mol. The zero-order chi connectivity index (χ0) is 6.10. The summed E-state index contributed by atoms with van der Waals surface area (Å²) < 4.78 is 0. The van der Waals surface area contributed by atoms with Crippen molar-refractivity contribution >= 4 is 0 Å². The van der Waals surface area contributed by atoms with Crippen molar-refractivity contribution < 1.29 is 0 Å². The van der Waals surface area contributed by atoms with Crippen LogP contribution in [0.15, 0.2) is 0 Å². The van der Waals surface area contributed by atoms with E-state index in [9.17, 15) is 0 Å². The first kappa shape index (κ1) is 5.69. The molecular weight excluding hydrogens is 112 g/mol. The van der Waals surface area contributed by atoms with Crippen molar-refractivity contribution in [2.24, 2.45) is 5.92 Å². The number of fused-ring (bicyclic) bond motifs is 1. The third-order valence-electron chi connectivity index (χ3n) is 2.35. The molecule has 51 valence electrons. The lowest BCUT2D eigenvalue weighted by Crippen LogP contribution is -2.37. The van der Waals surface area contributed by atoms with Crippen molar-refractivity contribution in [2.45, 2.75) is 18.9 Å². The Morgan fingerprint density at radius 1 is 1.33 bits per heavy atom. The van der Waals surface area contributed by atoms with Crippen LogP contribution in [0.4, 0.5) is 0 Å². The summed E-state index contributed by atoms with van der Waals surface area (Å²) in [7, 11) is 0. The van der Waals surface area contributed by atoms with E-state index in [2.05, 4.69) is 17.2 Å². The molecule has 2 saturated heterocycles. The van der Waals surface area contributed by atoms with E-state index in [1.54, 1.807) is 0 Å². The number of rotatable bonds is 0. The highest BCUT2D eigenvalue weighted by Crippen LogP contribution is 2.20. The van der Waals surface area contributed by atoms with E-state index in [1.165, 1.54) is 25.9 Å². The van der Waals surface area contributed by atoms with E-state index in [0.717, 1.165) is 12.0 Å². The Hall–Kier alpha value is -0.0800. The standard InChI is InChI=1S/C7H13N2/c1-2-6-4-8-5-7(6)9-3-1/h3,6-9H,1-2,4-5H2. The van der Waals surface area contributed by atoms with Crippen LogP contribution in [-0.4, -0.2) is 19.1 Å². The van der Waals surface area contributed by atoms with Gasteiger partial charge in [-0.25, -0.2) is 0 Å². The first-order chi connectivity index (χ1) is 4.47. The number of hydrogen-bond donors (Lipinski definition) is 2. The largest absolute Gasteiger partial charge is 0.315 e. The van der Waals surface area contributed by atoms with Gasteiger partial charge in [0.25, 0.3) is 0 Å². The molecule has 2 aliphatic heterocycles. The van der Waals surface area contributed by atoms with E-state index in [0.29, 0.717) is 0 Å². The normalized spacial score (nSPS) is 42.7. The molecule has 2 aliphatic rings. The maximum Gasteiger partial charge on any atom is 0.0236 e. The third-order valence-corrected chi connectivity index (χ3v) is 2.35. The highest BCUT2D eigenvalue weighted by atomic mass is 15.0. The molecular formula is C7H13N2. The Morgan fingerprint density at radius 3 is 3.22 bits per heavy atom. The van der Waals surface area contributed by atoms with Crippen LogP contribution in [0.2, 0.25) is 0 Å². The summed E-state index contributed by atoms with van der Waals surface area (Å²) in [5.74, 6) is 0.912. The minimum Gasteiger partial charge on any atom is -0.315 e. The van der Waals surface area contributed by atoms with Crippen LogP contribution in [0, 0.1) is 12.5 Å². The van der Waals surface area contributed by atoms with Gasteiger partial charge in [-0.3, -0.25) is 0 Å². The SMILES string of the molecule is [CH]1CCC2CNCC2N1. The van der Waals surface area contributed by atoms with E-state index < -0.39 is 0 Å². The van der Waals surface area contributed by atoms with E-state index >= 15 is 0 Å². The number of piperidine rings is 1. The highest BCUT2D eigenvalue weighted by molar-refractivity contribution is 4.92. The Bertz CT molecular complexity index is 91.1. The van der Waals surface area contributed by atoms with Gasteiger partial charge in [0.15, 0.2) is 0 Å². The van der Waals surface area contributed by atoms with Crippen molar-refractivity contribution in [2.75, 3.05) is 13.1 Å². The minimum absolute atomic E-state index is 0.749. The lowest BCUT2D eigenvalue weighted by atomic mass is 9.94. The lowest BCUT2D eigenvalue weighted by Gasteiger charge is -2.24. The minimum atomic E-state index is 0.749. The van der Waals surface area contributed by atoms with Crippen LogP contribution in [0.3, 0.4) is 0 Å². The smallest absolute Gasteiger partial charge is 0.0236 e. The second-order valence-corrected chi connectivity index (χ2v) is 2.97. The van der Waals surface area contributed by atoms with Gasteiger partial charge in [-0.2, -0.15) is 0 Å². The van der Waals surface area contributed by atoms with Crippen LogP contribution < -0.4 is 10.6 Å². The molecule has 2 heteroatoms. The third kappa shape index (κ3) is 0.970. The molecule has 0 aromatic heterocycles. The molecule has 0 bridgehead atoms. The molecule has 0 aromatic carbocycles. The van der Waals surface area contributed by atoms with Crippen molar-refractivity contribution in [3.8, 4) is 0 Å². The Kier molecular flexibility index (Phi) is 1.44. The van der Waals surface area contributed by atoms with E-state index in [4.69, 9.17) is 0 Å². The molecule has 2 atom stereocenters. The average molecular weight is 125 g/mol. The van der Waals surface area contributed by atoms with Crippen LogP contribution in [-0.2, 0) is 0 Å². The topological polar surface area (TPSA) is 24.1 Å². The van der Waals surface area contributed by atoms with Crippen molar-refractivity contribution in [1.29, 1.82) is 0 Å². The number of hydrogen-bond acceptors (Lipinski definition) is 2. The molecule has 0 spiro atoms. The molecule has 2 fully saturated rings. The molecule has 2 N–H and O–H groups in total. The van der Waals surface area contributed by atoms with Gasteiger partial charge < -0.3 is 10.6 Å². The summed E-state index contributed by atoms with van der Waals surface area (Å²) in [6, 6.07) is 0.749. The fourth-order valence-corrected chi connectivity index (χ4v) is 1.76. The van der Waals surface area contributed by atoms with Crippen molar-refractivity contribution in [3.63, 3.8) is 0 Å². The van der Waals surface area contributed by atoms with Gasteiger partial charge >= 0.3 is 0 Å². The summed E-state index contributed by atoms with van der Waals surface area (Å²) in [5.41, 5.74) is 0. The van der Waals surface area contributed by atoms with Gasteiger partial charge in [-0.1, -0.05) is 0 Å². The fourth-order valence-electron chi connectivity index (χ4n) is 1.76. The Balaban J connectivity index is 1.97. The predicted molar refractivity (Wildman–Crippen MR) is 36.8 cm³/mol. The molecule has 9 heavy (non-hydrogen) atoms. The van der Waals surface area contributed by atoms with Gasteiger partial charge in [-0.15, -0.1) is 0 Å². The molecule has 0 amide bonds. The molecule has 0 aromatic rings. The van der Waals surface area contributed by atoms with Crippen LogP contribution >= 0.6 is 0 Å². The molecule has 2 heterocycles. The molecule has 0 aliphatic carbocycles. The molecule has 1 radical (unpaired) electrons. The molecule has 2 rings (SSSR count). The zero-order valence-electron chi connectivity index (χ0n) is 5.56. The predicted octanol–water partition coefficient (Wildman–Crippen LogP) is 0.120. The second-order valence-electron chi connectivity index (χ2n) is 2.97. The Morgan fingerprint density at radius 2 is 2.33 bits per heavy atom. The van der Waals surface area contributed by atoms with Gasteiger partial charge in [0.2, 0.25) is 0 Å². The summed E-state index contributed by atoms with van der Waals surface area (Å²) in [6.45, 7) is 4.60. The van der Waals surface area contributed by atoms with Crippen molar-refractivity contribution in [1.82, 2.24) is 10.6 Å². The van der Waals surface area contributed by atoms with Crippen LogP contribution in [0.25, 0.3) is 0 Å². The number of nitrogens with one attached hydrogen (secondary N) is 2. The van der Waals surface area contributed by atoms with Gasteiger partial charge in [-0.05, 0) is 25.3 Å². The summed E-state index contributed by atoms with van der Waals surface area (Å²) >= 11 is 0. The molecule has 2 nitrogen and oxygen atoms in total. The Labute approximate surface area is 56.0 Å². The lowest BCUT2D eigenvalue weighted by molar-refractivity contribution is 0.374. The average Bonchev–Trinajstić information content (AvgIpc) is 2.33. The van der Waals surface area contributed by atoms with Gasteiger partial charge in [0, 0.05) is 19.1 Å². The quantitative estimate of drug-likeness (QED) is 0.480.